The van der Waals surface area contributed by atoms with Gasteiger partial charge in [-0.1, -0.05) is 36.9 Å². The Morgan fingerprint density at radius 2 is 1.83 bits per heavy atom. The molecule has 1 heterocycles. The van der Waals surface area contributed by atoms with E-state index in [4.69, 9.17) is 25.8 Å². The van der Waals surface area contributed by atoms with Crippen LogP contribution in [-0.4, -0.2) is 51.4 Å². The number of carbonyl (C=O) groups excluding carboxylic acids is 1. The van der Waals surface area contributed by atoms with Crippen molar-refractivity contribution in [2.75, 3.05) is 39.0 Å². The third kappa shape index (κ3) is 13.9. The topological polar surface area (TPSA) is 86.2 Å². The summed E-state index contributed by atoms with van der Waals surface area (Å²) >= 11 is 5.95. The van der Waals surface area contributed by atoms with Crippen LogP contribution in [0.1, 0.15) is 38.3 Å². The SMILES string of the molecule is C=C(C)/C(Cl)=C\N=C(C)Nc1cc(C)ccc1OC.C=CC(C)=O.Cc1ccc(OC2CCOC2)cc1P(C)(C)=O. The Labute approximate surface area is 250 Å². The molecule has 41 heavy (non-hydrogen) atoms. The third-order valence-corrected chi connectivity index (χ3v) is 7.75. The van der Waals surface area contributed by atoms with E-state index >= 15 is 0 Å². The monoisotopic (exact) mass is 602 g/mol. The number of anilines is 1. The number of ether oxygens (including phenoxy) is 3. The van der Waals surface area contributed by atoms with Crippen LogP contribution in [0.15, 0.2) is 77.4 Å². The zero-order valence-electron chi connectivity index (χ0n) is 25.5. The lowest BCUT2D eigenvalue weighted by Crippen LogP contribution is -2.17. The maximum absolute atomic E-state index is 12.1. The van der Waals surface area contributed by atoms with Gasteiger partial charge in [0, 0.05) is 17.9 Å². The third-order valence-electron chi connectivity index (χ3n) is 5.69. The van der Waals surface area contributed by atoms with Gasteiger partial charge in [-0.3, -0.25) is 4.79 Å². The van der Waals surface area contributed by atoms with Crippen molar-refractivity contribution in [3.63, 3.8) is 0 Å². The first-order valence-corrected chi connectivity index (χ1v) is 16.2. The number of rotatable bonds is 8. The normalized spacial score (nSPS) is 15.0. The smallest absolute Gasteiger partial charge is 0.152 e. The summed E-state index contributed by atoms with van der Waals surface area (Å²) < 4.78 is 28.5. The molecule has 2 aromatic rings. The van der Waals surface area contributed by atoms with Gasteiger partial charge < -0.3 is 24.1 Å². The van der Waals surface area contributed by atoms with Crippen molar-refractivity contribution >= 4 is 41.4 Å². The largest absolute Gasteiger partial charge is 0.495 e. The molecular weight excluding hydrogens is 559 g/mol. The fourth-order valence-corrected chi connectivity index (χ4v) is 4.86. The number of benzene rings is 2. The summed E-state index contributed by atoms with van der Waals surface area (Å²) in [5.74, 6) is 2.31. The highest BCUT2D eigenvalue weighted by Gasteiger charge is 2.19. The minimum Gasteiger partial charge on any atom is -0.495 e. The molecule has 7 nitrogen and oxygen atoms in total. The molecule has 0 aliphatic carbocycles. The molecule has 0 radical (unpaired) electrons. The van der Waals surface area contributed by atoms with Gasteiger partial charge >= 0.3 is 0 Å². The number of hydrogen-bond donors (Lipinski definition) is 1. The Kier molecular flexibility index (Phi) is 15.4. The molecule has 1 fully saturated rings. The van der Waals surface area contributed by atoms with Crippen LogP contribution in [0.25, 0.3) is 0 Å². The number of aryl methyl sites for hydroxylation is 2. The summed E-state index contributed by atoms with van der Waals surface area (Å²) in [5, 5.41) is 4.64. The van der Waals surface area contributed by atoms with E-state index in [-0.39, 0.29) is 11.9 Å². The van der Waals surface area contributed by atoms with Crippen molar-refractivity contribution in [2.45, 2.75) is 47.1 Å². The van der Waals surface area contributed by atoms with Gasteiger partial charge in [0.2, 0.25) is 0 Å². The highest BCUT2D eigenvalue weighted by atomic mass is 35.5. The molecule has 0 saturated carbocycles. The number of halogens is 1. The first kappa shape index (κ1) is 35.9. The van der Waals surface area contributed by atoms with E-state index < -0.39 is 7.14 Å². The number of ketones is 1. The van der Waals surface area contributed by atoms with Crippen molar-refractivity contribution in [1.82, 2.24) is 0 Å². The number of allylic oxidation sites excluding steroid dienone is 3. The van der Waals surface area contributed by atoms with Gasteiger partial charge in [-0.05, 0) is 95.0 Å². The molecule has 0 aromatic heterocycles. The van der Waals surface area contributed by atoms with Crippen LogP contribution < -0.4 is 20.1 Å². The van der Waals surface area contributed by atoms with E-state index in [2.05, 4.69) is 23.5 Å². The van der Waals surface area contributed by atoms with Crippen molar-refractivity contribution in [2.24, 2.45) is 4.99 Å². The number of hydrogen-bond acceptors (Lipinski definition) is 6. The van der Waals surface area contributed by atoms with Gasteiger partial charge in [0.05, 0.1) is 31.0 Å². The first-order valence-electron chi connectivity index (χ1n) is 13.2. The second kappa shape index (κ2) is 17.6. The Morgan fingerprint density at radius 3 is 2.34 bits per heavy atom. The van der Waals surface area contributed by atoms with Gasteiger partial charge in [-0.2, -0.15) is 0 Å². The van der Waals surface area contributed by atoms with Crippen molar-refractivity contribution in [3.05, 3.63) is 83.6 Å². The van der Waals surface area contributed by atoms with Gasteiger partial charge in [-0.15, -0.1) is 0 Å². The standard InChI is InChI=1S/C15H19ClN2O.C13H19O3P.C4H6O/c1-10(2)13(16)9-17-12(4)18-14-8-11(3)6-7-15(14)19-5;1-10-4-5-11(8-13(10)17(2,3)14)16-12-6-7-15-9-12;1-3-4(2)5/h6-9H,1H2,2-5H3,(H,17,18);4-5,8,12H,6-7,9H2,1-3H3;3H,1H2,2H3/b13-9+;;. The molecule has 1 N–H and O–H groups in total. The van der Waals surface area contributed by atoms with Gasteiger partial charge in [0.25, 0.3) is 0 Å². The van der Waals surface area contributed by atoms with Gasteiger partial charge in [0.15, 0.2) is 5.78 Å². The first-order chi connectivity index (χ1) is 19.2. The van der Waals surface area contributed by atoms with E-state index in [1.807, 2.05) is 64.1 Å². The molecule has 0 bridgehead atoms. The maximum Gasteiger partial charge on any atom is 0.152 e. The Morgan fingerprint density at radius 1 is 1.17 bits per heavy atom. The van der Waals surface area contributed by atoms with E-state index in [9.17, 15) is 9.36 Å². The Balaban J connectivity index is 0.000000354. The highest BCUT2D eigenvalue weighted by molar-refractivity contribution is 7.70. The highest BCUT2D eigenvalue weighted by Crippen LogP contribution is 2.37. The number of nitrogens with one attached hydrogen (secondary N) is 1. The van der Waals surface area contributed by atoms with Crippen LogP contribution in [-0.2, 0) is 14.1 Å². The number of methoxy groups -OCH3 is 1. The molecule has 0 amide bonds. The van der Waals surface area contributed by atoms with Crippen LogP contribution in [0.2, 0.25) is 0 Å². The number of aliphatic imine (C=N–C) groups is 1. The summed E-state index contributed by atoms with van der Waals surface area (Å²) in [6.07, 6.45) is 3.92. The summed E-state index contributed by atoms with van der Waals surface area (Å²) in [4.78, 5) is 13.9. The lowest BCUT2D eigenvalue weighted by Gasteiger charge is -2.16. The van der Waals surface area contributed by atoms with Crippen LogP contribution in [0.5, 0.6) is 11.5 Å². The van der Waals surface area contributed by atoms with E-state index in [1.54, 1.807) is 26.6 Å². The second-order valence-corrected chi connectivity index (χ2v) is 13.6. The lowest BCUT2D eigenvalue weighted by atomic mass is 10.2. The summed E-state index contributed by atoms with van der Waals surface area (Å²) in [6.45, 7) is 21.1. The molecule has 3 rings (SSSR count). The van der Waals surface area contributed by atoms with E-state index in [0.29, 0.717) is 11.6 Å². The van der Waals surface area contributed by atoms with Crippen LogP contribution in [0.3, 0.4) is 0 Å². The van der Waals surface area contributed by atoms with Gasteiger partial charge in [-0.25, -0.2) is 4.99 Å². The molecule has 0 spiro atoms. The summed E-state index contributed by atoms with van der Waals surface area (Å²) in [6, 6.07) is 11.7. The fourth-order valence-electron chi connectivity index (χ4n) is 3.45. The van der Waals surface area contributed by atoms with Gasteiger partial charge in [0.1, 0.15) is 30.6 Å². The zero-order chi connectivity index (χ0) is 31.2. The molecular formula is C32H44ClN2O5P. The molecule has 1 aliphatic heterocycles. The predicted molar refractivity (Wildman–Crippen MR) is 174 cm³/mol. The fraction of sp³-hybridized carbons (Fsp3) is 0.375. The maximum atomic E-state index is 12.1. The van der Waals surface area contributed by atoms with Crippen LogP contribution in [0, 0.1) is 13.8 Å². The summed E-state index contributed by atoms with van der Waals surface area (Å²) in [5.41, 5.74) is 3.87. The van der Waals surface area contributed by atoms with E-state index in [0.717, 1.165) is 58.1 Å². The van der Waals surface area contributed by atoms with Crippen molar-refractivity contribution < 1.29 is 23.6 Å². The second-order valence-electron chi connectivity index (χ2n) is 10.0. The Hall–Kier alpha value is -3.12. The average Bonchev–Trinajstić information content (AvgIpc) is 3.41. The van der Waals surface area contributed by atoms with Crippen LogP contribution >= 0.6 is 18.7 Å². The predicted octanol–water partition coefficient (Wildman–Crippen LogP) is 7.66. The minimum absolute atomic E-state index is 0.0185. The molecule has 9 heteroatoms. The molecule has 1 unspecified atom stereocenters. The number of amidine groups is 1. The molecule has 224 valence electrons. The number of carbonyl (C=O) groups is 1. The van der Waals surface area contributed by atoms with Crippen molar-refractivity contribution in [3.8, 4) is 11.5 Å². The minimum atomic E-state index is -2.24. The molecule has 1 saturated heterocycles. The van der Waals surface area contributed by atoms with Crippen molar-refractivity contribution in [1.29, 1.82) is 0 Å². The average molecular weight is 603 g/mol. The van der Waals surface area contributed by atoms with Crippen LogP contribution in [0.4, 0.5) is 5.69 Å². The van der Waals surface area contributed by atoms with E-state index in [1.165, 1.54) is 13.0 Å². The molecule has 1 aliphatic rings. The Bertz CT molecular complexity index is 1310. The summed E-state index contributed by atoms with van der Waals surface area (Å²) in [7, 11) is -0.600. The zero-order valence-corrected chi connectivity index (χ0v) is 27.2. The molecule has 2 aromatic carbocycles. The lowest BCUT2D eigenvalue weighted by molar-refractivity contribution is -0.112. The quantitative estimate of drug-likeness (QED) is 0.110. The molecule has 1 atom stereocenters. The number of nitrogens with zero attached hydrogens (tertiary/aromatic N) is 1.